The number of hydrogen-bond donors (Lipinski definition) is 5. The van der Waals surface area contributed by atoms with Crippen LogP contribution in [-0.2, 0) is 31.6 Å². The Bertz CT molecular complexity index is 2920. The molecule has 3 aliphatic heterocycles. The molecule has 62 heavy (non-hydrogen) atoms. The van der Waals surface area contributed by atoms with Gasteiger partial charge in [0.25, 0.3) is 11.8 Å². The number of nitrogen functional groups attached to an aromatic ring is 1. The van der Waals surface area contributed by atoms with E-state index < -0.39 is 40.9 Å². The minimum absolute atomic E-state index is 0.0658. The summed E-state index contributed by atoms with van der Waals surface area (Å²) in [5.74, 6) is -3.31. The van der Waals surface area contributed by atoms with E-state index in [-0.39, 0.29) is 46.2 Å². The molecule has 0 saturated carbocycles. The number of pyridine rings is 1. The molecule has 312 valence electrons. The summed E-state index contributed by atoms with van der Waals surface area (Å²) >= 11 is 3.73. The number of hydrogen-bond acceptors (Lipinski definition) is 16. The summed E-state index contributed by atoms with van der Waals surface area (Å²) < 4.78 is 14.6. The first kappa shape index (κ1) is 39.2. The van der Waals surface area contributed by atoms with Crippen LogP contribution in [0, 0.1) is 6.92 Å². The van der Waals surface area contributed by atoms with Crippen molar-refractivity contribution >= 4 is 75.0 Å². The van der Waals surface area contributed by atoms with Gasteiger partial charge in [-0.05, 0) is 53.5 Å². The van der Waals surface area contributed by atoms with Gasteiger partial charge in [-0.25, -0.2) is 24.8 Å². The Morgan fingerprint density at radius 3 is 2.48 bits per heavy atom. The topological polar surface area (TPSA) is 245 Å². The van der Waals surface area contributed by atoms with Gasteiger partial charge in [-0.15, -0.1) is 40.0 Å². The summed E-state index contributed by atoms with van der Waals surface area (Å²) in [6.07, 6.45) is 0. The molecular weight excluding hydrogens is 859 g/mol. The fourth-order valence-corrected chi connectivity index (χ4v) is 10.8. The third kappa shape index (κ3) is 6.47. The number of anilines is 1. The van der Waals surface area contributed by atoms with Crippen molar-refractivity contribution in [1.29, 1.82) is 0 Å². The lowest BCUT2D eigenvalue weighted by atomic mass is 10.0. The van der Waals surface area contributed by atoms with Crippen molar-refractivity contribution < 1.29 is 43.8 Å². The van der Waals surface area contributed by atoms with Crippen molar-refractivity contribution in [1.82, 2.24) is 35.3 Å². The molecule has 2 atom stereocenters. The molecule has 4 aliphatic rings. The number of benzene rings is 3. The maximum absolute atomic E-state index is 13.8. The Balaban J connectivity index is 0.827. The van der Waals surface area contributed by atoms with Crippen molar-refractivity contribution in [3.05, 3.63) is 129 Å². The standard InChI is InChI=1S/C41H31N9O9S3/c1-19-12-22(14-30-44-34(36(52)47-56)46-50(19)30)60-16-21-17-61-38-32(37(53)49(38)33(21)39(54)55)45-35(51)31(27-18-62-40(42)43-27)48-57-15-20-10-11-28-29(13-20)59-41(58-28)25-8-4-2-6-23(25)24-7-3-5-9-26(24)41/h2-14,18,32,38,56H,15-17H2,1H3,(H2,42,43)(H,45,51)(H,47,52)(H,54,55)/b48-31-/t32-,38-/m1/s1. The average Bonchev–Trinajstić information content (AvgIpc) is 4.07. The molecule has 18 nitrogen and oxygen atoms in total. The van der Waals surface area contributed by atoms with E-state index in [9.17, 15) is 24.3 Å². The highest BCUT2D eigenvalue weighted by atomic mass is 32.2. The quantitative estimate of drug-likeness (QED) is 0.0400. The number of β-lactam (4-membered cyclic amide) rings is 1. The third-order valence-electron chi connectivity index (χ3n) is 10.6. The van der Waals surface area contributed by atoms with Crippen LogP contribution in [0.5, 0.6) is 11.5 Å². The molecule has 6 aromatic rings. The van der Waals surface area contributed by atoms with Crippen LogP contribution in [0.15, 0.2) is 106 Å². The molecular formula is C41H31N9O9S3. The number of ether oxygens (including phenoxy) is 2. The molecule has 3 amide bonds. The fourth-order valence-electron chi connectivity index (χ4n) is 7.80. The number of rotatable bonds is 11. The van der Waals surface area contributed by atoms with Gasteiger partial charge in [-0.3, -0.25) is 24.5 Å². The minimum Gasteiger partial charge on any atom is -0.477 e. The van der Waals surface area contributed by atoms with Crippen LogP contribution in [0.2, 0.25) is 0 Å². The number of nitrogens with two attached hydrogens (primary N) is 1. The van der Waals surface area contributed by atoms with Gasteiger partial charge in [0.2, 0.25) is 5.82 Å². The van der Waals surface area contributed by atoms with Crippen LogP contribution < -0.4 is 26.0 Å². The highest BCUT2D eigenvalue weighted by Crippen LogP contribution is 2.55. The number of carboxylic acids is 1. The van der Waals surface area contributed by atoms with E-state index >= 15 is 0 Å². The first-order valence-corrected chi connectivity index (χ1v) is 21.7. The van der Waals surface area contributed by atoms with Gasteiger partial charge in [0, 0.05) is 38.6 Å². The predicted octanol–water partition coefficient (Wildman–Crippen LogP) is 4.30. The minimum atomic E-state index is -1.28. The van der Waals surface area contributed by atoms with Crippen molar-refractivity contribution in [2.75, 3.05) is 17.2 Å². The Kier molecular flexibility index (Phi) is 9.61. The van der Waals surface area contributed by atoms with Gasteiger partial charge in [0.1, 0.15) is 29.4 Å². The summed E-state index contributed by atoms with van der Waals surface area (Å²) in [7, 11) is 0. The van der Waals surface area contributed by atoms with Crippen LogP contribution in [-0.4, -0.2) is 87.1 Å². The number of thiazole rings is 1. The number of nitrogens with one attached hydrogen (secondary N) is 2. The lowest BCUT2D eigenvalue weighted by molar-refractivity contribution is -0.150. The van der Waals surface area contributed by atoms with Crippen LogP contribution in [0.25, 0.3) is 16.8 Å². The number of thioether (sulfide) groups is 2. The average molecular weight is 890 g/mol. The molecule has 3 aromatic carbocycles. The molecule has 1 fully saturated rings. The fraction of sp³-hybridized carbons (Fsp3) is 0.171. The zero-order valence-electron chi connectivity index (χ0n) is 32.1. The summed E-state index contributed by atoms with van der Waals surface area (Å²) in [6.45, 7) is 1.69. The number of aromatic nitrogens is 4. The van der Waals surface area contributed by atoms with Crippen molar-refractivity contribution in [3.63, 3.8) is 0 Å². The molecule has 10 rings (SSSR count). The Morgan fingerprint density at radius 1 is 1.03 bits per heavy atom. The predicted molar refractivity (Wildman–Crippen MR) is 226 cm³/mol. The summed E-state index contributed by atoms with van der Waals surface area (Å²) in [5.41, 5.74) is 13.2. The van der Waals surface area contributed by atoms with Crippen LogP contribution in [0.1, 0.15) is 38.7 Å². The molecule has 1 aliphatic carbocycles. The molecule has 0 radical (unpaired) electrons. The number of amides is 3. The Morgan fingerprint density at radius 2 is 1.77 bits per heavy atom. The molecule has 1 spiro atoms. The van der Waals surface area contributed by atoms with Crippen molar-refractivity contribution in [3.8, 4) is 22.6 Å². The van der Waals surface area contributed by atoms with Gasteiger partial charge in [-0.2, -0.15) is 0 Å². The Labute approximate surface area is 362 Å². The van der Waals surface area contributed by atoms with E-state index in [1.54, 1.807) is 42.6 Å². The molecule has 6 heterocycles. The first-order valence-electron chi connectivity index (χ1n) is 18.8. The normalized spacial score (nSPS) is 18.0. The summed E-state index contributed by atoms with van der Waals surface area (Å²) in [5, 5.41) is 31.2. The van der Waals surface area contributed by atoms with E-state index in [4.69, 9.17) is 25.3 Å². The number of carbonyl (C=O) groups is 4. The Hall–Kier alpha value is -6.94. The van der Waals surface area contributed by atoms with E-state index in [1.807, 2.05) is 48.5 Å². The highest BCUT2D eigenvalue weighted by Gasteiger charge is 2.55. The lowest BCUT2D eigenvalue weighted by Crippen LogP contribution is -2.71. The van der Waals surface area contributed by atoms with Crippen LogP contribution >= 0.6 is 34.9 Å². The van der Waals surface area contributed by atoms with Gasteiger partial charge < -0.3 is 30.5 Å². The smallest absolute Gasteiger partial charge is 0.352 e. The van der Waals surface area contributed by atoms with Crippen LogP contribution in [0.4, 0.5) is 5.13 Å². The van der Waals surface area contributed by atoms with Crippen molar-refractivity contribution in [2.45, 2.75) is 35.6 Å². The van der Waals surface area contributed by atoms with E-state index in [0.717, 1.165) is 33.6 Å². The summed E-state index contributed by atoms with van der Waals surface area (Å²) in [6, 6.07) is 23.7. The SMILES string of the molecule is Cc1cc(SCC2=C(C(=O)O)N3C(=O)[C@@H](NC(=O)/C(=N\OCc4ccc5c(c4)OC4(O5)c5ccccc5-c5ccccc54)c4csc(N)n4)[C@H]3SC2)cc2nc(C(=O)NO)nn12. The molecule has 6 N–H and O–H groups in total. The van der Waals surface area contributed by atoms with E-state index in [0.29, 0.717) is 38.9 Å². The van der Waals surface area contributed by atoms with E-state index in [1.165, 1.54) is 38.4 Å². The number of fused-ring (bicyclic) bond motifs is 8. The maximum atomic E-state index is 13.8. The molecule has 0 unspecified atom stereocenters. The second-order valence-corrected chi connectivity index (χ2v) is 17.4. The first-order chi connectivity index (χ1) is 30.0. The molecule has 21 heteroatoms. The van der Waals surface area contributed by atoms with Gasteiger partial charge in [0.15, 0.2) is 28.0 Å². The lowest BCUT2D eigenvalue weighted by Gasteiger charge is -2.49. The number of aliphatic carboxylic acids is 1. The zero-order chi connectivity index (χ0) is 42.9. The number of nitrogens with zero attached hydrogens (tertiary/aromatic N) is 6. The second-order valence-electron chi connectivity index (χ2n) is 14.4. The maximum Gasteiger partial charge on any atom is 0.352 e. The number of aryl methyl sites for hydroxylation is 1. The highest BCUT2D eigenvalue weighted by molar-refractivity contribution is 8.01. The molecule has 1 saturated heterocycles. The molecule has 0 bridgehead atoms. The number of carbonyl (C=O) groups excluding carboxylic acids is 3. The number of oxime groups is 1. The third-order valence-corrected chi connectivity index (χ3v) is 13.7. The zero-order valence-corrected chi connectivity index (χ0v) is 34.5. The summed E-state index contributed by atoms with van der Waals surface area (Å²) in [4.78, 5) is 67.9. The largest absolute Gasteiger partial charge is 0.477 e. The second kappa shape index (κ2) is 15.2. The van der Waals surface area contributed by atoms with Gasteiger partial charge in [-0.1, -0.05) is 59.8 Å². The van der Waals surface area contributed by atoms with Crippen LogP contribution in [0.3, 0.4) is 0 Å². The van der Waals surface area contributed by atoms with Gasteiger partial charge in [0.05, 0.1) is 0 Å². The molecule has 3 aromatic heterocycles. The van der Waals surface area contributed by atoms with Crippen molar-refractivity contribution in [2.24, 2.45) is 5.16 Å². The van der Waals surface area contributed by atoms with Gasteiger partial charge >= 0.3 is 17.7 Å². The number of carboxylic acid groups (broad SMARTS) is 1. The monoisotopic (exact) mass is 889 g/mol. The number of hydroxylamine groups is 1. The van der Waals surface area contributed by atoms with E-state index in [2.05, 4.69) is 25.5 Å².